The lowest BCUT2D eigenvalue weighted by atomic mass is 10.3. The van der Waals surface area contributed by atoms with Gasteiger partial charge in [0.2, 0.25) is 5.91 Å². The first-order valence-electron chi connectivity index (χ1n) is 14.4. The Balaban J connectivity index is 1.69. The van der Waals surface area contributed by atoms with Crippen molar-refractivity contribution in [1.29, 1.82) is 0 Å². The predicted octanol–water partition coefficient (Wildman–Crippen LogP) is 2.11. The van der Waals surface area contributed by atoms with E-state index in [1.807, 2.05) is 0 Å². The Bertz CT molecular complexity index is 765. The number of ether oxygens (including phenoxy) is 10. The van der Waals surface area contributed by atoms with Gasteiger partial charge in [-0.1, -0.05) is 0 Å². The van der Waals surface area contributed by atoms with Crippen LogP contribution in [-0.2, 0) is 52.2 Å². The van der Waals surface area contributed by atoms with E-state index in [0.717, 1.165) is 5.69 Å². The van der Waals surface area contributed by atoms with E-state index in [-0.39, 0.29) is 18.3 Å². The van der Waals surface area contributed by atoms with Crippen LogP contribution in [0, 0.1) is 0 Å². The van der Waals surface area contributed by atoms with E-state index in [9.17, 15) is 9.59 Å². The number of rotatable bonds is 30. The third-order valence-corrected chi connectivity index (χ3v) is 5.03. The Morgan fingerprint density at radius 2 is 0.905 bits per heavy atom. The van der Waals surface area contributed by atoms with Gasteiger partial charge in [-0.15, -0.1) is 0 Å². The summed E-state index contributed by atoms with van der Waals surface area (Å²) in [4.78, 5) is 22.2. The molecule has 0 aliphatic carbocycles. The molecule has 42 heavy (non-hydrogen) atoms. The van der Waals surface area contributed by atoms with Crippen LogP contribution in [0.1, 0.15) is 20.3 Å². The highest BCUT2D eigenvalue weighted by Crippen LogP contribution is 2.15. The summed E-state index contributed by atoms with van der Waals surface area (Å²) in [7, 11) is 0. The maximum Gasteiger partial charge on any atom is 0.308 e. The minimum atomic E-state index is -0.253. The topological polar surface area (TPSA) is 138 Å². The molecule has 0 spiro atoms. The molecule has 242 valence electrons. The van der Waals surface area contributed by atoms with E-state index in [0.29, 0.717) is 125 Å². The molecule has 0 heterocycles. The number of carbonyl (C=O) groups excluding carboxylic acids is 2. The Kier molecular flexibility index (Phi) is 25.8. The third-order valence-electron chi connectivity index (χ3n) is 5.03. The quantitative estimate of drug-likeness (QED) is 0.102. The third kappa shape index (κ3) is 25.4. The van der Waals surface area contributed by atoms with Crippen molar-refractivity contribution in [3.8, 4) is 5.75 Å². The van der Waals surface area contributed by atoms with Crippen LogP contribution in [0.3, 0.4) is 0 Å². The molecule has 0 saturated heterocycles. The lowest BCUT2D eigenvalue weighted by Gasteiger charge is -2.09. The van der Waals surface area contributed by atoms with Gasteiger partial charge in [0, 0.05) is 12.6 Å². The fourth-order valence-corrected chi connectivity index (χ4v) is 3.09. The van der Waals surface area contributed by atoms with Crippen molar-refractivity contribution >= 4 is 17.6 Å². The molecule has 0 bridgehead atoms. The predicted molar refractivity (Wildman–Crippen MR) is 154 cm³/mol. The van der Waals surface area contributed by atoms with Gasteiger partial charge >= 0.3 is 5.97 Å². The van der Waals surface area contributed by atoms with Gasteiger partial charge in [-0.3, -0.25) is 9.59 Å². The molecule has 1 N–H and O–H groups in total. The molecule has 1 aromatic carbocycles. The number of benzene rings is 1. The monoisotopic (exact) mass is 603 g/mol. The molecule has 1 aromatic rings. The summed E-state index contributed by atoms with van der Waals surface area (Å²) >= 11 is 0. The standard InChI is InChI=1S/C29H49NO12/c1-3-41-29(32)8-9-33-10-11-34-12-13-35-14-15-36-16-17-37-18-19-38-20-21-39-22-23-40-24-25-42-28-6-4-27(5-7-28)30-26(2)31/h4-7H,3,8-25H2,1-2H3,(H,30,31). The molecule has 0 atom stereocenters. The van der Waals surface area contributed by atoms with Gasteiger partial charge in [-0.25, -0.2) is 0 Å². The van der Waals surface area contributed by atoms with E-state index in [2.05, 4.69) is 5.32 Å². The minimum Gasteiger partial charge on any atom is -0.491 e. The van der Waals surface area contributed by atoms with E-state index >= 15 is 0 Å². The van der Waals surface area contributed by atoms with Crippen LogP contribution < -0.4 is 10.1 Å². The zero-order valence-corrected chi connectivity index (χ0v) is 25.1. The maximum absolute atomic E-state index is 11.1. The van der Waals surface area contributed by atoms with Gasteiger partial charge in [0.05, 0.1) is 119 Å². The van der Waals surface area contributed by atoms with Crippen LogP contribution in [-0.4, -0.2) is 131 Å². The Hall–Kier alpha value is -2.36. The normalized spacial score (nSPS) is 11.0. The number of amides is 1. The number of anilines is 1. The first-order valence-corrected chi connectivity index (χ1v) is 14.4. The summed E-state index contributed by atoms with van der Waals surface area (Å²) in [6.07, 6.45) is 0.254. The molecule has 0 aromatic heterocycles. The van der Waals surface area contributed by atoms with Gasteiger partial charge in [0.25, 0.3) is 0 Å². The first kappa shape index (κ1) is 37.7. The smallest absolute Gasteiger partial charge is 0.308 e. The number of nitrogens with one attached hydrogen (secondary N) is 1. The highest BCUT2D eigenvalue weighted by Gasteiger charge is 2.01. The summed E-state index contributed by atoms with van der Waals surface area (Å²) in [5.41, 5.74) is 0.729. The average molecular weight is 604 g/mol. The number of hydrogen-bond donors (Lipinski definition) is 1. The molecule has 0 saturated carbocycles. The molecule has 13 heteroatoms. The van der Waals surface area contributed by atoms with E-state index in [4.69, 9.17) is 47.4 Å². The van der Waals surface area contributed by atoms with Gasteiger partial charge in [0.1, 0.15) is 12.4 Å². The van der Waals surface area contributed by atoms with Gasteiger partial charge < -0.3 is 52.7 Å². The molecular formula is C29H49NO12. The Morgan fingerprint density at radius 1 is 0.548 bits per heavy atom. The van der Waals surface area contributed by atoms with Gasteiger partial charge in [0.15, 0.2) is 0 Å². The van der Waals surface area contributed by atoms with Crippen molar-refractivity contribution in [2.24, 2.45) is 0 Å². The maximum atomic E-state index is 11.1. The SMILES string of the molecule is CCOC(=O)CCOCCOCCOCCOCCOCCOCCOCCOCCOc1ccc(NC(C)=O)cc1. The number of carbonyl (C=O) groups is 2. The summed E-state index contributed by atoms with van der Waals surface area (Å²) in [5.74, 6) is 0.350. The molecule has 1 amide bonds. The second-order valence-electron chi connectivity index (χ2n) is 8.51. The molecular weight excluding hydrogens is 554 g/mol. The van der Waals surface area contributed by atoms with Crippen LogP contribution in [0.4, 0.5) is 5.69 Å². The second kappa shape index (κ2) is 28.7. The van der Waals surface area contributed by atoms with Crippen molar-refractivity contribution in [3.63, 3.8) is 0 Å². The second-order valence-corrected chi connectivity index (χ2v) is 8.51. The van der Waals surface area contributed by atoms with Crippen LogP contribution in [0.25, 0.3) is 0 Å². The zero-order chi connectivity index (χ0) is 30.4. The largest absolute Gasteiger partial charge is 0.491 e. The van der Waals surface area contributed by atoms with Crippen molar-refractivity contribution in [1.82, 2.24) is 0 Å². The van der Waals surface area contributed by atoms with Crippen LogP contribution >= 0.6 is 0 Å². The lowest BCUT2D eigenvalue weighted by molar-refractivity contribution is -0.144. The first-order chi connectivity index (χ1) is 20.6. The molecule has 13 nitrogen and oxygen atoms in total. The number of hydrogen-bond acceptors (Lipinski definition) is 12. The molecule has 1 rings (SSSR count). The van der Waals surface area contributed by atoms with Gasteiger partial charge in [-0.2, -0.15) is 0 Å². The molecule has 0 aliphatic heterocycles. The average Bonchev–Trinajstić information content (AvgIpc) is 2.97. The van der Waals surface area contributed by atoms with Crippen molar-refractivity contribution in [2.45, 2.75) is 20.3 Å². The van der Waals surface area contributed by atoms with Crippen molar-refractivity contribution in [3.05, 3.63) is 24.3 Å². The Labute approximate surface area is 249 Å². The highest BCUT2D eigenvalue weighted by molar-refractivity contribution is 5.88. The lowest BCUT2D eigenvalue weighted by Crippen LogP contribution is -2.15. The van der Waals surface area contributed by atoms with Crippen LogP contribution in [0.5, 0.6) is 5.75 Å². The molecule has 0 fully saturated rings. The number of esters is 1. The fourth-order valence-electron chi connectivity index (χ4n) is 3.09. The Morgan fingerprint density at radius 3 is 1.26 bits per heavy atom. The van der Waals surface area contributed by atoms with Crippen LogP contribution in [0.2, 0.25) is 0 Å². The molecule has 0 unspecified atom stereocenters. The summed E-state index contributed by atoms with van der Waals surface area (Å²) < 4.78 is 53.8. The van der Waals surface area contributed by atoms with Crippen molar-refractivity contribution in [2.75, 3.05) is 124 Å². The zero-order valence-electron chi connectivity index (χ0n) is 25.1. The highest BCUT2D eigenvalue weighted by atomic mass is 16.6. The summed E-state index contributed by atoms with van der Waals surface area (Å²) in [5, 5.41) is 2.70. The van der Waals surface area contributed by atoms with Gasteiger partial charge in [-0.05, 0) is 31.2 Å². The van der Waals surface area contributed by atoms with Crippen LogP contribution in [0.15, 0.2) is 24.3 Å². The molecule has 0 aliphatic rings. The van der Waals surface area contributed by atoms with E-state index < -0.39 is 0 Å². The fraction of sp³-hybridized carbons (Fsp3) is 0.724. The summed E-state index contributed by atoms with van der Waals surface area (Å²) in [6, 6.07) is 7.16. The summed E-state index contributed by atoms with van der Waals surface area (Å²) in [6.45, 7) is 11.5. The van der Waals surface area contributed by atoms with E-state index in [1.54, 1.807) is 31.2 Å². The minimum absolute atomic E-state index is 0.110. The van der Waals surface area contributed by atoms with E-state index in [1.165, 1.54) is 6.92 Å². The molecule has 0 radical (unpaired) electrons. The van der Waals surface area contributed by atoms with Crippen molar-refractivity contribution < 1.29 is 57.0 Å².